The van der Waals surface area contributed by atoms with E-state index in [0.717, 1.165) is 18.7 Å². The summed E-state index contributed by atoms with van der Waals surface area (Å²) >= 11 is 0. The number of hydrogen-bond donors (Lipinski definition) is 2. The Morgan fingerprint density at radius 1 is 1.24 bits per heavy atom. The number of benzene rings is 1. The molecule has 0 saturated carbocycles. The molecule has 1 unspecified atom stereocenters. The second-order valence-electron chi connectivity index (χ2n) is 7.02. The summed E-state index contributed by atoms with van der Waals surface area (Å²) in [6, 6.07) is 8.65. The van der Waals surface area contributed by atoms with Crippen molar-refractivity contribution in [3.63, 3.8) is 0 Å². The number of alkyl carbamates (subject to hydrolysis) is 1. The van der Waals surface area contributed by atoms with E-state index >= 15 is 0 Å². The third kappa shape index (κ3) is 6.58. The fourth-order valence-electron chi connectivity index (χ4n) is 2.38. The van der Waals surface area contributed by atoms with Crippen LogP contribution in [0.5, 0.6) is 0 Å². The van der Waals surface area contributed by atoms with Gasteiger partial charge in [-0.05, 0) is 58.4 Å². The van der Waals surface area contributed by atoms with Gasteiger partial charge in [-0.1, -0.05) is 12.1 Å². The van der Waals surface area contributed by atoms with Crippen LogP contribution in [0.2, 0.25) is 0 Å². The number of amides is 1. The van der Waals surface area contributed by atoms with Crippen molar-refractivity contribution in [1.29, 1.82) is 0 Å². The number of nitrogens with zero attached hydrogens (tertiary/aromatic N) is 2. The average Bonchev–Trinajstić information content (AvgIpc) is 3.07. The van der Waals surface area contributed by atoms with Gasteiger partial charge in [-0.15, -0.1) is 0 Å². The van der Waals surface area contributed by atoms with Crippen LogP contribution in [-0.2, 0) is 4.74 Å². The van der Waals surface area contributed by atoms with Gasteiger partial charge in [0.25, 0.3) is 0 Å². The van der Waals surface area contributed by atoms with Crippen LogP contribution in [0.25, 0.3) is 5.69 Å². The van der Waals surface area contributed by atoms with Crippen LogP contribution in [0.1, 0.15) is 45.7 Å². The Bertz CT molecular complexity index is 645. The van der Waals surface area contributed by atoms with Crippen LogP contribution >= 0.6 is 0 Å². The minimum atomic E-state index is -0.459. The lowest BCUT2D eigenvalue weighted by molar-refractivity contribution is 0.0527. The zero-order chi connectivity index (χ0) is 18.3. The molecule has 2 aromatic rings. The molecule has 1 amide bonds. The Morgan fingerprint density at radius 3 is 2.56 bits per heavy atom. The summed E-state index contributed by atoms with van der Waals surface area (Å²) in [4.78, 5) is 15.6. The Hall–Kier alpha value is -2.34. The van der Waals surface area contributed by atoms with Gasteiger partial charge in [-0.2, -0.15) is 0 Å². The van der Waals surface area contributed by atoms with Gasteiger partial charge in [-0.3, -0.25) is 0 Å². The number of ether oxygens (including phenoxy) is 1. The summed E-state index contributed by atoms with van der Waals surface area (Å²) in [6.07, 6.45) is 5.96. The lowest BCUT2D eigenvalue weighted by Crippen LogP contribution is -2.34. The maximum Gasteiger partial charge on any atom is 0.407 e. The molecule has 1 heterocycles. The van der Waals surface area contributed by atoms with Crippen molar-refractivity contribution in [2.75, 3.05) is 13.1 Å². The predicted molar refractivity (Wildman–Crippen MR) is 98.8 cm³/mol. The second-order valence-corrected chi connectivity index (χ2v) is 7.02. The molecule has 1 aromatic carbocycles. The van der Waals surface area contributed by atoms with E-state index < -0.39 is 5.60 Å². The Kier molecular flexibility index (Phi) is 6.58. The summed E-state index contributed by atoms with van der Waals surface area (Å²) in [7, 11) is 0. The van der Waals surface area contributed by atoms with Crippen molar-refractivity contribution in [2.24, 2.45) is 0 Å². The van der Waals surface area contributed by atoms with Gasteiger partial charge in [0.1, 0.15) is 5.60 Å². The van der Waals surface area contributed by atoms with Crippen molar-refractivity contribution in [3.05, 3.63) is 48.5 Å². The van der Waals surface area contributed by atoms with Crippen LogP contribution in [-0.4, -0.2) is 34.3 Å². The standard InChI is InChI=1S/C19H28N4O2/c1-15(21-10-5-11-22-18(24)25-19(2,3)4)16-6-8-17(9-7-16)23-13-12-20-14-23/h6-9,12-15,21H,5,10-11H2,1-4H3,(H,22,24). The molecule has 0 radical (unpaired) electrons. The first-order valence-electron chi connectivity index (χ1n) is 8.64. The quantitative estimate of drug-likeness (QED) is 0.755. The van der Waals surface area contributed by atoms with Crippen LogP contribution in [0, 0.1) is 0 Å². The van der Waals surface area contributed by atoms with E-state index in [1.807, 2.05) is 31.5 Å². The Labute approximate surface area is 149 Å². The molecule has 2 rings (SSSR count). The van der Waals surface area contributed by atoms with E-state index in [9.17, 15) is 4.79 Å². The third-order valence-corrected chi connectivity index (χ3v) is 3.67. The molecule has 6 nitrogen and oxygen atoms in total. The van der Waals surface area contributed by atoms with Gasteiger partial charge in [0, 0.05) is 30.7 Å². The number of carbonyl (C=O) groups excluding carboxylic acids is 1. The molecular formula is C19H28N4O2. The summed E-state index contributed by atoms with van der Waals surface area (Å²) in [5.74, 6) is 0. The SMILES string of the molecule is CC(NCCCNC(=O)OC(C)(C)C)c1ccc(-n2ccnc2)cc1. The molecule has 136 valence electrons. The Balaban J connectivity index is 1.68. The molecule has 0 spiro atoms. The number of carbonyl (C=O) groups is 1. The van der Waals surface area contributed by atoms with Crippen molar-refractivity contribution in [1.82, 2.24) is 20.2 Å². The van der Waals surface area contributed by atoms with Crippen LogP contribution in [0.4, 0.5) is 4.79 Å². The van der Waals surface area contributed by atoms with E-state index in [1.54, 1.807) is 12.5 Å². The molecule has 2 N–H and O–H groups in total. The lowest BCUT2D eigenvalue weighted by atomic mass is 10.1. The first-order chi connectivity index (χ1) is 11.8. The van der Waals surface area contributed by atoms with E-state index in [4.69, 9.17) is 4.74 Å². The van der Waals surface area contributed by atoms with Crippen molar-refractivity contribution < 1.29 is 9.53 Å². The van der Waals surface area contributed by atoms with Gasteiger partial charge < -0.3 is 19.9 Å². The normalized spacial score (nSPS) is 12.6. The second kappa shape index (κ2) is 8.67. The van der Waals surface area contributed by atoms with Crippen molar-refractivity contribution in [3.8, 4) is 5.69 Å². The zero-order valence-corrected chi connectivity index (χ0v) is 15.5. The number of hydrogen-bond acceptors (Lipinski definition) is 4. The first-order valence-corrected chi connectivity index (χ1v) is 8.64. The molecule has 0 aliphatic heterocycles. The molecular weight excluding hydrogens is 316 g/mol. The number of rotatable bonds is 7. The summed E-state index contributed by atoms with van der Waals surface area (Å²) in [5, 5.41) is 6.23. The lowest BCUT2D eigenvalue weighted by Gasteiger charge is -2.20. The summed E-state index contributed by atoms with van der Waals surface area (Å²) < 4.78 is 7.18. The van der Waals surface area contributed by atoms with Gasteiger partial charge in [0.15, 0.2) is 0 Å². The fraction of sp³-hybridized carbons (Fsp3) is 0.474. The molecule has 0 bridgehead atoms. The summed E-state index contributed by atoms with van der Waals surface area (Å²) in [6.45, 7) is 9.11. The molecule has 6 heteroatoms. The average molecular weight is 344 g/mol. The van der Waals surface area contributed by atoms with Gasteiger partial charge >= 0.3 is 6.09 Å². The fourth-order valence-corrected chi connectivity index (χ4v) is 2.38. The predicted octanol–water partition coefficient (Wildman–Crippen LogP) is 3.44. The van der Waals surface area contributed by atoms with E-state index in [2.05, 4.69) is 46.8 Å². The van der Waals surface area contributed by atoms with E-state index in [-0.39, 0.29) is 12.1 Å². The highest BCUT2D eigenvalue weighted by Crippen LogP contribution is 2.15. The van der Waals surface area contributed by atoms with Gasteiger partial charge in [0.05, 0.1) is 6.33 Å². The van der Waals surface area contributed by atoms with Crippen LogP contribution in [0.15, 0.2) is 43.0 Å². The smallest absolute Gasteiger partial charge is 0.407 e. The maximum absolute atomic E-state index is 11.5. The minimum Gasteiger partial charge on any atom is -0.444 e. The van der Waals surface area contributed by atoms with Crippen LogP contribution < -0.4 is 10.6 Å². The van der Waals surface area contributed by atoms with Crippen LogP contribution in [0.3, 0.4) is 0 Å². The highest BCUT2D eigenvalue weighted by Gasteiger charge is 2.15. The molecule has 25 heavy (non-hydrogen) atoms. The molecule has 1 aromatic heterocycles. The zero-order valence-electron chi connectivity index (χ0n) is 15.5. The number of imidazole rings is 1. The monoisotopic (exact) mass is 344 g/mol. The molecule has 0 aliphatic carbocycles. The maximum atomic E-state index is 11.5. The van der Waals surface area contributed by atoms with Crippen molar-refractivity contribution in [2.45, 2.75) is 45.8 Å². The van der Waals surface area contributed by atoms with Crippen molar-refractivity contribution >= 4 is 6.09 Å². The largest absolute Gasteiger partial charge is 0.444 e. The molecule has 0 saturated heterocycles. The molecule has 1 atom stereocenters. The number of aromatic nitrogens is 2. The first kappa shape index (κ1) is 19.0. The van der Waals surface area contributed by atoms with Gasteiger partial charge in [-0.25, -0.2) is 9.78 Å². The summed E-state index contributed by atoms with van der Waals surface area (Å²) in [5.41, 5.74) is 1.86. The van der Waals surface area contributed by atoms with Gasteiger partial charge in [0.2, 0.25) is 0 Å². The number of nitrogens with one attached hydrogen (secondary N) is 2. The third-order valence-electron chi connectivity index (χ3n) is 3.67. The molecule has 0 fully saturated rings. The highest BCUT2D eigenvalue weighted by atomic mass is 16.6. The van der Waals surface area contributed by atoms with E-state index in [1.165, 1.54) is 5.56 Å². The molecule has 0 aliphatic rings. The Morgan fingerprint density at radius 2 is 1.96 bits per heavy atom. The minimum absolute atomic E-state index is 0.248. The topological polar surface area (TPSA) is 68.2 Å². The highest BCUT2D eigenvalue weighted by molar-refractivity contribution is 5.67. The van der Waals surface area contributed by atoms with E-state index in [0.29, 0.717) is 6.54 Å².